The summed E-state index contributed by atoms with van der Waals surface area (Å²) in [6, 6.07) is 19.5. The number of ether oxygens (including phenoxy) is 3. The van der Waals surface area contributed by atoms with Gasteiger partial charge < -0.3 is 24.0 Å². The van der Waals surface area contributed by atoms with Crippen molar-refractivity contribution in [3.63, 3.8) is 0 Å². The Labute approximate surface area is 232 Å². The van der Waals surface area contributed by atoms with Gasteiger partial charge in [0.2, 0.25) is 0 Å². The van der Waals surface area contributed by atoms with Crippen molar-refractivity contribution in [2.45, 2.75) is 25.7 Å². The molecule has 2 fully saturated rings. The number of aryl methyl sites for hydroxylation is 1. The SMILES string of the molecule is CCc1ccc(C2OCC(COc3ccc(N4CCN(C(=O)c5ccc([N+](=O)[O-])cc5)CC4)cc3)O2)c(Cl)c1. The van der Waals surface area contributed by atoms with Crippen molar-refractivity contribution in [2.75, 3.05) is 44.3 Å². The van der Waals surface area contributed by atoms with Crippen molar-refractivity contribution in [1.82, 2.24) is 4.90 Å². The van der Waals surface area contributed by atoms with Gasteiger partial charge in [0.1, 0.15) is 18.5 Å². The molecule has 3 aromatic rings. The van der Waals surface area contributed by atoms with Gasteiger partial charge in [-0.2, -0.15) is 0 Å². The maximum Gasteiger partial charge on any atom is 0.269 e. The zero-order valence-electron chi connectivity index (χ0n) is 21.6. The standard InChI is InChI=1S/C29H30ClN3O6/c1-2-20-3-12-26(27(30)17-20)29-38-19-25(39-29)18-37-24-10-8-22(9-11-24)31-13-15-32(16-14-31)28(34)21-4-6-23(7-5-21)33(35)36/h3-12,17,25,29H,2,13-16,18-19H2,1H3. The van der Waals surface area contributed by atoms with Gasteiger partial charge in [0.15, 0.2) is 6.29 Å². The summed E-state index contributed by atoms with van der Waals surface area (Å²) in [5.41, 5.74) is 3.48. The molecule has 10 heteroatoms. The van der Waals surface area contributed by atoms with Crippen molar-refractivity contribution in [3.8, 4) is 5.75 Å². The molecular formula is C29H30ClN3O6. The minimum Gasteiger partial charge on any atom is -0.491 e. The van der Waals surface area contributed by atoms with Crippen LogP contribution in [0.1, 0.15) is 34.7 Å². The summed E-state index contributed by atoms with van der Waals surface area (Å²) >= 11 is 6.42. The number of benzene rings is 3. The third-order valence-electron chi connectivity index (χ3n) is 7.01. The normalized spacial score (nSPS) is 19.2. The number of amides is 1. The van der Waals surface area contributed by atoms with Gasteiger partial charge >= 0.3 is 0 Å². The molecule has 0 radical (unpaired) electrons. The Balaban J connectivity index is 1.08. The van der Waals surface area contributed by atoms with Crippen LogP contribution in [0.25, 0.3) is 0 Å². The fourth-order valence-electron chi connectivity index (χ4n) is 4.70. The number of carbonyl (C=O) groups excluding carboxylic acids is 1. The molecule has 2 aliphatic heterocycles. The number of nitro benzene ring substituents is 1. The van der Waals surface area contributed by atoms with Gasteiger partial charge in [0.25, 0.3) is 11.6 Å². The highest BCUT2D eigenvalue weighted by Gasteiger charge is 2.29. The van der Waals surface area contributed by atoms with Crippen LogP contribution in [0.3, 0.4) is 0 Å². The summed E-state index contributed by atoms with van der Waals surface area (Å²) in [5, 5.41) is 11.5. The highest BCUT2D eigenvalue weighted by atomic mass is 35.5. The second-order valence-corrected chi connectivity index (χ2v) is 9.93. The van der Waals surface area contributed by atoms with Crippen LogP contribution < -0.4 is 9.64 Å². The molecule has 0 aromatic heterocycles. The Morgan fingerprint density at radius 1 is 1.05 bits per heavy atom. The Bertz CT molecular complexity index is 1310. The third kappa shape index (κ3) is 6.33. The van der Waals surface area contributed by atoms with Crippen LogP contribution in [-0.2, 0) is 15.9 Å². The second-order valence-electron chi connectivity index (χ2n) is 9.52. The van der Waals surface area contributed by atoms with Gasteiger partial charge in [0.05, 0.1) is 11.5 Å². The molecule has 0 saturated carbocycles. The quantitative estimate of drug-likeness (QED) is 0.278. The zero-order valence-corrected chi connectivity index (χ0v) is 22.4. The van der Waals surface area contributed by atoms with Crippen LogP contribution >= 0.6 is 11.6 Å². The summed E-state index contributed by atoms with van der Waals surface area (Å²) in [7, 11) is 0. The van der Waals surface area contributed by atoms with E-state index in [1.54, 1.807) is 4.90 Å². The molecule has 9 nitrogen and oxygen atoms in total. The van der Waals surface area contributed by atoms with Crippen molar-refractivity contribution < 1.29 is 23.9 Å². The number of hydrogen-bond acceptors (Lipinski definition) is 7. The summed E-state index contributed by atoms with van der Waals surface area (Å²) < 4.78 is 17.8. The molecule has 3 aromatic carbocycles. The molecule has 0 bridgehead atoms. The minimum atomic E-state index is -0.495. The fourth-order valence-corrected chi connectivity index (χ4v) is 4.99. The molecule has 204 valence electrons. The number of nitrogens with zero attached hydrogens (tertiary/aromatic N) is 3. The largest absolute Gasteiger partial charge is 0.491 e. The number of non-ortho nitro benzene ring substituents is 1. The summed E-state index contributed by atoms with van der Waals surface area (Å²) in [5.74, 6) is 0.622. The highest BCUT2D eigenvalue weighted by molar-refractivity contribution is 6.31. The van der Waals surface area contributed by atoms with E-state index in [2.05, 4.69) is 11.8 Å². The first-order valence-electron chi connectivity index (χ1n) is 13.0. The Kier molecular flexibility index (Phi) is 8.30. The molecule has 5 rings (SSSR count). The third-order valence-corrected chi connectivity index (χ3v) is 7.33. The van der Waals surface area contributed by atoms with Crippen molar-refractivity contribution in [3.05, 3.63) is 98.6 Å². The van der Waals surface area contributed by atoms with Crippen molar-refractivity contribution >= 4 is 28.9 Å². The van der Waals surface area contributed by atoms with Crippen LogP contribution in [0.4, 0.5) is 11.4 Å². The maximum atomic E-state index is 12.8. The van der Waals surface area contributed by atoms with Gasteiger partial charge in [-0.25, -0.2) is 0 Å². The molecule has 0 spiro atoms. The van der Waals surface area contributed by atoms with Gasteiger partial charge in [-0.05, 0) is 54.4 Å². The lowest BCUT2D eigenvalue weighted by molar-refractivity contribution is -0.384. The van der Waals surface area contributed by atoms with Gasteiger partial charge in [-0.3, -0.25) is 14.9 Å². The Hall–Kier alpha value is -3.66. The molecule has 2 unspecified atom stereocenters. The smallest absolute Gasteiger partial charge is 0.269 e. The molecule has 2 atom stereocenters. The maximum absolute atomic E-state index is 12.8. The Morgan fingerprint density at radius 2 is 1.77 bits per heavy atom. The van der Waals surface area contributed by atoms with Gasteiger partial charge in [-0.15, -0.1) is 0 Å². The van der Waals surface area contributed by atoms with Gasteiger partial charge in [-0.1, -0.05) is 30.7 Å². The first-order valence-corrected chi connectivity index (χ1v) is 13.4. The van der Waals surface area contributed by atoms with Crippen LogP contribution in [0.5, 0.6) is 5.75 Å². The second kappa shape index (κ2) is 12.0. The molecular weight excluding hydrogens is 522 g/mol. The number of anilines is 1. The average Bonchev–Trinajstić information content (AvgIpc) is 3.44. The number of piperazine rings is 1. The first kappa shape index (κ1) is 26.9. The van der Waals surface area contributed by atoms with E-state index in [0.29, 0.717) is 50.0 Å². The van der Waals surface area contributed by atoms with E-state index in [0.717, 1.165) is 23.4 Å². The van der Waals surface area contributed by atoms with Crippen LogP contribution in [0.2, 0.25) is 5.02 Å². The van der Waals surface area contributed by atoms with Crippen LogP contribution in [0.15, 0.2) is 66.7 Å². The summed E-state index contributed by atoms with van der Waals surface area (Å²) in [6.07, 6.45) is 0.227. The predicted octanol–water partition coefficient (Wildman–Crippen LogP) is 5.27. The number of halogens is 1. The number of rotatable bonds is 8. The summed E-state index contributed by atoms with van der Waals surface area (Å²) in [6.45, 7) is 5.40. The zero-order chi connectivity index (χ0) is 27.4. The lowest BCUT2D eigenvalue weighted by atomic mass is 10.1. The molecule has 2 aliphatic rings. The van der Waals surface area contributed by atoms with Crippen molar-refractivity contribution in [2.24, 2.45) is 0 Å². The average molecular weight is 552 g/mol. The topological polar surface area (TPSA) is 94.4 Å². The molecule has 2 saturated heterocycles. The van der Waals surface area contributed by atoms with E-state index >= 15 is 0 Å². The molecule has 1 amide bonds. The minimum absolute atomic E-state index is 0.0281. The number of carbonyl (C=O) groups is 1. The number of nitro groups is 1. The predicted molar refractivity (Wildman–Crippen MR) is 148 cm³/mol. The van der Waals surface area contributed by atoms with E-state index in [1.807, 2.05) is 42.5 Å². The van der Waals surface area contributed by atoms with E-state index in [-0.39, 0.29) is 17.7 Å². The lowest BCUT2D eigenvalue weighted by Gasteiger charge is -2.36. The van der Waals surface area contributed by atoms with E-state index in [4.69, 9.17) is 25.8 Å². The van der Waals surface area contributed by atoms with Gasteiger partial charge in [0, 0.05) is 60.1 Å². The first-order chi connectivity index (χ1) is 18.9. The molecule has 0 N–H and O–H groups in total. The van der Waals surface area contributed by atoms with E-state index in [9.17, 15) is 14.9 Å². The highest BCUT2D eigenvalue weighted by Crippen LogP contribution is 2.33. The van der Waals surface area contributed by atoms with E-state index < -0.39 is 11.2 Å². The van der Waals surface area contributed by atoms with Crippen LogP contribution in [-0.4, -0.2) is 61.2 Å². The number of hydrogen-bond donors (Lipinski definition) is 0. The fraction of sp³-hybridized carbons (Fsp3) is 0.345. The molecule has 2 heterocycles. The lowest BCUT2D eigenvalue weighted by Crippen LogP contribution is -2.48. The van der Waals surface area contributed by atoms with E-state index in [1.165, 1.54) is 29.8 Å². The Morgan fingerprint density at radius 3 is 2.41 bits per heavy atom. The molecule has 39 heavy (non-hydrogen) atoms. The van der Waals surface area contributed by atoms with Crippen molar-refractivity contribution in [1.29, 1.82) is 0 Å². The molecule has 0 aliphatic carbocycles. The summed E-state index contributed by atoms with van der Waals surface area (Å²) in [4.78, 5) is 27.2. The van der Waals surface area contributed by atoms with Crippen LogP contribution in [0, 0.1) is 10.1 Å². The monoisotopic (exact) mass is 551 g/mol.